The predicted molar refractivity (Wildman–Crippen MR) is 89.1 cm³/mol. The van der Waals surface area contributed by atoms with Crippen LogP contribution in [0.15, 0.2) is 59.8 Å². The lowest BCUT2D eigenvalue weighted by Gasteiger charge is -2.11. The number of thioether (sulfide) groups is 1. The van der Waals surface area contributed by atoms with Gasteiger partial charge in [0.05, 0.1) is 18.8 Å². The molecular formula is C17H14N3O3S-. The molecule has 3 rings (SSSR count). The van der Waals surface area contributed by atoms with E-state index in [1.54, 1.807) is 7.11 Å². The van der Waals surface area contributed by atoms with Gasteiger partial charge < -0.3 is 14.6 Å². The summed E-state index contributed by atoms with van der Waals surface area (Å²) in [5.74, 6) is -0.0288. The number of aliphatic carboxylic acids is 1. The molecule has 1 heterocycles. The van der Waals surface area contributed by atoms with Gasteiger partial charge in [0.15, 0.2) is 11.0 Å². The number of carbonyl (C=O) groups is 1. The van der Waals surface area contributed by atoms with Gasteiger partial charge in [-0.15, -0.1) is 10.2 Å². The molecule has 3 aromatic rings. The number of carboxylic acids is 1. The highest BCUT2D eigenvalue weighted by molar-refractivity contribution is 7.99. The minimum atomic E-state index is -1.15. The Bertz CT molecular complexity index is 849. The first-order chi connectivity index (χ1) is 11.7. The number of methoxy groups -OCH3 is 1. The summed E-state index contributed by atoms with van der Waals surface area (Å²) in [6.45, 7) is 0. The van der Waals surface area contributed by atoms with Gasteiger partial charge in [0.25, 0.3) is 0 Å². The summed E-state index contributed by atoms with van der Waals surface area (Å²) in [5, 5.41) is 19.6. The van der Waals surface area contributed by atoms with E-state index in [4.69, 9.17) is 4.74 Å². The van der Waals surface area contributed by atoms with E-state index >= 15 is 0 Å². The van der Waals surface area contributed by atoms with Crippen molar-refractivity contribution in [2.24, 2.45) is 0 Å². The van der Waals surface area contributed by atoms with E-state index in [0.717, 1.165) is 23.0 Å². The fourth-order valence-electron chi connectivity index (χ4n) is 2.24. The van der Waals surface area contributed by atoms with E-state index in [9.17, 15) is 9.90 Å². The molecule has 0 bridgehead atoms. The Hall–Kier alpha value is -2.80. The van der Waals surface area contributed by atoms with Gasteiger partial charge in [-0.3, -0.25) is 4.57 Å². The Morgan fingerprint density at radius 1 is 1.17 bits per heavy atom. The van der Waals surface area contributed by atoms with Crippen molar-refractivity contribution >= 4 is 17.7 Å². The summed E-state index contributed by atoms with van der Waals surface area (Å²) in [6, 6.07) is 17.0. The maximum Gasteiger partial charge on any atom is 0.196 e. The molecule has 1 aromatic heterocycles. The third-order valence-electron chi connectivity index (χ3n) is 3.30. The second-order valence-corrected chi connectivity index (χ2v) is 5.81. The van der Waals surface area contributed by atoms with Crippen LogP contribution in [0.2, 0.25) is 0 Å². The zero-order valence-corrected chi connectivity index (χ0v) is 13.7. The largest absolute Gasteiger partial charge is 0.549 e. The number of hydrogen-bond acceptors (Lipinski definition) is 6. The van der Waals surface area contributed by atoms with E-state index in [0.29, 0.717) is 16.7 Å². The SMILES string of the molecule is COc1cccc(-n2c(SCC(=O)[O-])nnc2-c2ccccc2)c1. The molecule has 2 aromatic carbocycles. The monoisotopic (exact) mass is 340 g/mol. The molecule has 0 unspecified atom stereocenters. The van der Waals surface area contributed by atoms with E-state index in [1.165, 1.54) is 0 Å². The molecule has 0 amide bonds. The molecule has 24 heavy (non-hydrogen) atoms. The maximum atomic E-state index is 10.8. The van der Waals surface area contributed by atoms with E-state index in [-0.39, 0.29) is 5.75 Å². The van der Waals surface area contributed by atoms with Gasteiger partial charge in [0, 0.05) is 17.4 Å². The van der Waals surface area contributed by atoms with Crippen molar-refractivity contribution in [3.05, 3.63) is 54.6 Å². The molecule has 0 aliphatic heterocycles. The van der Waals surface area contributed by atoms with Crippen molar-refractivity contribution in [1.82, 2.24) is 14.8 Å². The molecule has 0 fully saturated rings. The number of hydrogen-bond donors (Lipinski definition) is 0. The highest BCUT2D eigenvalue weighted by atomic mass is 32.2. The van der Waals surface area contributed by atoms with Crippen molar-refractivity contribution in [3.63, 3.8) is 0 Å². The van der Waals surface area contributed by atoms with Crippen LogP contribution in [0.1, 0.15) is 0 Å². The van der Waals surface area contributed by atoms with Gasteiger partial charge in [0.1, 0.15) is 5.75 Å². The fraction of sp³-hybridized carbons (Fsp3) is 0.118. The van der Waals surface area contributed by atoms with Gasteiger partial charge in [-0.25, -0.2) is 0 Å². The summed E-state index contributed by atoms with van der Waals surface area (Å²) >= 11 is 1.07. The molecule has 0 atom stereocenters. The minimum Gasteiger partial charge on any atom is -0.549 e. The Labute approximate surface area is 143 Å². The van der Waals surface area contributed by atoms with Crippen molar-refractivity contribution in [3.8, 4) is 22.8 Å². The molecule has 0 aliphatic carbocycles. The molecule has 7 heteroatoms. The zero-order chi connectivity index (χ0) is 16.9. The lowest BCUT2D eigenvalue weighted by atomic mass is 10.2. The minimum absolute atomic E-state index is 0.198. The van der Waals surface area contributed by atoms with Crippen molar-refractivity contribution < 1.29 is 14.6 Å². The van der Waals surface area contributed by atoms with Gasteiger partial charge in [-0.1, -0.05) is 48.2 Å². The molecule has 0 saturated carbocycles. The third-order valence-corrected chi connectivity index (χ3v) is 4.20. The lowest BCUT2D eigenvalue weighted by Crippen LogP contribution is -2.24. The highest BCUT2D eigenvalue weighted by Crippen LogP contribution is 2.29. The van der Waals surface area contributed by atoms with E-state index < -0.39 is 5.97 Å². The molecule has 0 N–H and O–H groups in total. The van der Waals surface area contributed by atoms with E-state index in [1.807, 2.05) is 59.2 Å². The summed E-state index contributed by atoms with van der Waals surface area (Å²) < 4.78 is 7.08. The van der Waals surface area contributed by atoms with E-state index in [2.05, 4.69) is 10.2 Å². The van der Waals surface area contributed by atoms with Gasteiger partial charge in [0.2, 0.25) is 0 Å². The van der Waals surface area contributed by atoms with Crippen LogP contribution in [0.3, 0.4) is 0 Å². The standard InChI is InChI=1S/C17H15N3O3S/c1-23-14-9-5-8-13(10-14)20-16(12-6-3-2-4-7-12)18-19-17(20)24-11-15(21)22/h2-10H,11H2,1H3,(H,21,22)/p-1. The number of benzene rings is 2. The molecule has 0 saturated heterocycles. The summed E-state index contributed by atoms with van der Waals surface area (Å²) in [4.78, 5) is 10.8. The maximum absolute atomic E-state index is 10.8. The quantitative estimate of drug-likeness (QED) is 0.637. The second kappa shape index (κ2) is 7.18. The lowest BCUT2D eigenvalue weighted by molar-refractivity contribution is -0.301. The first-order valence-electron chi connectivity index (χ1n) is 7.17. The van der Waals surface area contributed by atoms with Gasteiger partial charge in [-0.05, 0) is 12.1 Å². The van der Waals surface area contributed by atoms with Crippen LogP contribution in [-0.2, 0) is 4.79 Å². The average molecular weight is 340 g/mol. The molecule has 0 aliphatic rings. The van der Waals surface area contributed by atoms with Crippen molar-refractivity contribution in [2.75, 3.05) is 12.9 Å². The number of nitrogens with zero attached hydrogens (tertiary/aromatic N) is 3. The third kappa shape index (κ3) is 3.41. The summed E-state index contributed by atoms with van der Waals surface area (Å²) in [6.07, 6.45) is 0. The fourth-order valence-corrected chi connectivity index (χ4v) is 2.91. The zero-order valence-electron chi connectivity index (χ0n) is 12.9. The number of rotatable bonds is 6. The molecule has 0 spiro atoms. The van der Waals surface area contributed by atoms with Crippen LogP contribution >= 0.6 is 11.8 Å². The van der Waals surface area contributed by atoms with Gasteiger partial charge >= 0.3 is 0 Å². The number of carboxylic acid groups (broad SMARTS) is 1. The number of ether oxygens (including phenoxy) is 1. The predicted octanol–water partition coefficient (Wildman–Crippen LogP) is 1.78. The van der Waals surface area contributed by atoms with Crippen LogP contribution in [-0.4, -0.2) is 33.6 Å². The summed E-state index contributed by atoms with van der Waals surface area (Å²) in [5.41, 5.74) is 1.67. The molecular weight excluding hydrogens is 326 g/mol. The summed E-state index contributed by atoms with van der Waals surface area (Å²) in [7, 11) is 1.59. The van der Waals surface area contributed by atoms with Crippen LogP contribution in [0, 0.1) is 0 Å². The molecule has 122 valence electrons. The Morgan fingerprint density at radius 2 is 1.96 bits per heavy atom. The number of aromatic nitrogens is 3. The van der Waals surface area contributed by atoms with Crippen LogP contribution < -0.4 is 9.84 Å². The molecule has 0 radical (unpaired) electrons. The smallest absolute Gasteiger partial charge is 0.196 e. The van der Waals surface area contributed by atoms with Crippen LogP contribution in [0.25, 0.3) is 17.1 Å². The Morgan fingerprint density at radius 3 is 2.67 bits per heavy atom. The second-order valence-electron chi connectivity index (χ2n) is 4.87. The van der Waals surface area contributed by atoms with Crippen molar-refractivity contribution in [2.45, 2.75) is 5.16 Å². The first-order valence-corrected chi connectivity index (χ1v) is 8.15. The Kier molecular flexibility index (Phi) is 4.81. The average Bonchev–Trinajstić information content (AvgIpc) is 3.04. The van der Waals surface area contributed by atoms with Crippen LogP contribution in [0.4, 0.5) is 0 Å². The topological polar surface area (TPSA) is 80.1 Å². The molecule has 6 nitrogen and oxygen atoms in total. The number of carbonyl (C=O) groups excluding carboxylic acids is 1. The normalized spacial score (nSPS) is 10.5. The van der Waals surface area contributed by atoms with Gasteiger partial charge in [-0.2, -0.15) is 0 Å². The van der Waals surface area contributed by atoms with Crippen LogP contribution in [0.5, 0.6) is 5.75 Å². The highest BCUT2D eigenvalue weighted by Gasteiger charge is 2.16. The first kappa shape index (κ1) is 16.1. The van der Waals surface area contributed by atoms with Crippen molar-refractivity contribution in [1.29, 1.82) is 0 Å². The Balaban J connectivity index is 2.11.